The molecule has 0 aliphatic carbocycles. The first-order valence-corrected chi connectivity index (χ1v) is 7.77. The summed E-state index contributed by atoms with van der Waals surface area (Å²) in [6.45, 7) is 2.74. The SMILES string of the molecule is CN1CC[C@H](O)[C@@]2(CCCN(C(=O)c3ccncc3F)C2)C1. The van der Waals surface area contributed by atoms with Crippen LogP contribution < -0.4 is 0 Å². The number of likely N-dealkylation sites (tertiary alicyclic amines) is 2. The fourth-order valence-corrected chi connectivity index (χ4v) is 3.82. The molecule has 6 heteroatoms. The number of aliphatic hydroxyl groups excluding tert-OH is 1. The van der Waals surface area contributed by atoms with E-state index in [0.29, 0.717) is 13.1 Å². The third-order valence-corrected chi connectivity index (χ3v) is 4.97. The molecule has 5 nitrogen and oxygen atoms in total. The Morgan fingerprint density at radius 2 is 2.27 bits per heavy atom. The number of pyridine rings is 1. The van der Waals surface area contributed by atoms with Crippen LogP contribution in [0.3, 0.4) is 0 Å². The molecule has 2 aliphatic rings. The van der Waals surface area contributed by atoms with Crippen LogP contribution in [0.5, 0.6) is 0 Å². The molecule has 0 saturated carbocycles. The lowest BCUT2D eigenvalue weighted by molar-refractivity contribution is -0.0731. The fourth-order valence-electron chi connectivity index (χ4n) is 3.82. The van der Waals surface area contributed by atoms with Crippen LogP contribution >= 0.6 is 0 Å². The zero-order valence-corrected chi connectivity index (χ0v) is 12.8. The first-order chi connectivity index (χ1) is 10.5. The zero-order chi connectivity index (χ0) is 15.7. The van der Waals surface area contributed by atoms with E-state index in [1.165, 1.54) is 12.3 Å². The van der Waals surface area contributed by atoms with Gasteiger partial charge in [-0.3, -0.25) is 9.78 Å². The van der Waals surface area contributed by atoms with Gasteiger partial charge in [-0.2, -0.15) is 0 Å². The Morgan fingerprint density at radius 3 is 3.05 bits per heavy atom. The zero-order valence-electron chi connectivity index (χ0n) is 12.8. The molecule has 1 spiro atoms. The molecule has 3 rings (SSSR count). The van der Waals surface area contributed by atoms with Gasteiger partial charge >= 0.3 is 0 Å². The van der Waals surface area contributed by atoms with Gasteiger partial charge in [-0.05, 0) is 32.4 Å². The van der Waals surface area contributed by atoms with Crippen LogP contribution in [0.1, 0.15) is 29.6 Å². The lowest BCUT2D eigenvalue weighted by Crippen LogP contribution is -2.59. The average Bonchev–Trinajstić information content (AvgIpc) is 2.51. The molecule has 1 aromatic rings. The van der Waals surface area contributed by atoms with E-state index in [9.17, 15) is 14.3 Å². The minimum Gasteiger partial charge on any atom is -0.392 e. The minimum absolute atomic E-state index is 0.0608. The van der Waals surface area contributed by atoms with E-state index in [0.717, 1.165) is 38.5 Å². The molecule has 1 amide bonds. The number of halogens is 1. The maximum Gasteiger partial charge on any atom is 0.256 e. The molecule has 2 fully saturated rings. The van der Waals surface area contributed by atoms with Gasteiger partial charge in [-0.25, -0.2) is 4.39 Å². The molecule has 2 aliphatic heterocycles. The van der Waals surface area contributed by atoms with Crippen LogP contribution in [0.4, 0.5) is 4.39 Å². The summed E-state index contributed by atoms with van der Waals surface area (Å²) in [7, 11) is 2.04. The van der Waals surface area contributed by atoms with Crippen molar-refractivity contribution < 1.29 is 14.3 Å². The number of nitrogens with zero attached hydrogens (tertiary/aromatic N) is 3. The molecule has 0 bridgehead atoms. The van der Waals surface area contributed by atoms with Gasteiger partial charge in [-0.15, -0.1) is 0 Å². The molecule has 0 aromatic carbocycles. The highest BCUT2D eigenvalue weighted by Gasteiger charge is 2.45. The molecule has 0 radical (unpaired) electrons. The molecule has 3 heterocycles. The van der Waals surface area contributed by atoms with Crippen LogP contribution in [-0.4, -0.2) is 65.1 Å². The summed E-state index contributed by atoms with van der Waals surface area (Å²) in [5.74, 6) is -0.896. The fraction of sp³-hybridized carbons (Fsp3) is 0.625. The predicted molar refractivity (Wildman–Crippen MR) is 79.9 cm³/mol. The van der Waals surface area contributed by atoms with Crippen molar-refractivity contribution in [3.63, 3.8) is 0 Å². The Balaban J connectivity index is 1.81. The molecular weight excluding hydrogens is 285 g/mol. The summed E-state index contributed by atoms with van der Waals surface area (Å²) in [6.07, 6.45) is 4.56. The van der Waals surface area contributed by atoms with Gasteiger partial charge in [0.1, 0.15) is 0 Å². The van der Waals surface area contributed by atoms with Crippen LogP contribution in [0.25, 0.3) is 0 Å². The summed E-state index contributed by atoms with van der Waals surface area (Å²) in [5, 5.41) is 10.5. The van der Waals surface area contributed by atoms with E-state index in [4.69, 9.17) is 0 Å². The molecule has 0 unspecified atom stereocenters. The third kappa shape index (κ3) is 2.73. The third-order valence-electron chi connectivity index (χ3n) is 4.97. The standard InChI is InChI=1S/C16H22FN3O2/c1-19-8-4-14(21)16(10-19)5-2-7-20(11-16)15(22)12-3-6-18-9-13(12)17/h3,6,9,14,21H,2,4-5,7-8,10-11H2,1H3/t14-,16-/m0/s1. The van der Waals surface area contributed by atoms with Crippen LogP contribution in [0.15, 0.2) is 18.5 Å². The van der Waals surface area contributed by atoms with Gasteiger partial charge in [0, 0.05) is 37.8 Å². The summed E-state index contributed by atoms with van der Waals surface area (Å²) < 4.78 is 13.8. The lowest BCUT2D eigenvalue weighted by Gasteiger charge is -2.50. The maximum atomic E-state index is 13.8. The van der Waals surface area contributed by atoms with Gasteiger partial charge in [0.25, 0.3) is 5.91 Å². The second-order valence-corrected chi connectivity index (χ2v) is 6.59. The Bertz CT molecular complexity index is 568. The molecule has 120 valence electrons. The number of aromatic nitrogens is 1. The first-order valence-electron chi connectivity index (χ1n) is 7.77. The van der Waals surface area contributed by atoms with Crippen LogP contribution in [-0.2, 0) is 0 Å². The van der Waals surface area contributed by atoms with E-state index >= 15 is 0 Å². The van der Waals surface area contributed by atoms with E-state index < -0.39 is 11.9 Å². The first kappa shape index (κ1) is 15.4. The maximum absolute atomic E-state index is 13.8. The second kappa shape index (κ2) is 5.93. The Hall–Kier alpha value is -1.53. The number of rotatable bonds is 1. The molecule has 2 atom stereocenters. The van der Waals surface area contributed by atoms with E-state index in [2.05, 4.69) is 9.88 Å². The number of carbonyl (C=O) groups is 1. The Labute approximate surface area is 129 Å². The topological polar surface area (TPSA) is 56.7 Å². The number of amides is 1. The highest BCUT2D eigenvalue weighted by Crippen LogP contribution is 2.38. The highest BCUT2D eigenvalue weighted by molar-refractivity contribution is 5.94. The molecule has 2 saturated heterocycles. The summed E-state index contributed by atoms with van der Waals surface area (Å²) in [6, 6.07) is 1.42. The van der Waals surface area contributed by atoms with Crippen molar-refractivity contribution in [3.8, 4) is 0 Å². The van der Waals surface area contributed by atoms with Crippen molar-refractivity contribution in [2.24, 2.45) is 5.41 Å². The normalized spacial score (nSPS) is 29.8. The number of carbonyl (C=O) groups excluding carboxylic acids is 1. The van der Waals surface area contributed by atoms with E-state index in [1.54, 1.807) is 4.90 Å². The Morgan fingerprint density at radius 1 is 1.45 bits per heavy atom. The largest absolute Gasteiger partial charge is 0.392 e. The lowest BCUT2D eigenvalue weighted by atomic mass is 9.71. The molecular formula is C16H22FN3O2. The summed E-state index contributed by atoms with van der Waals surface area (Å²) >= 11 is 0. The van der Waals surface area contributed by atoms with Crippen LogP contribution in [0, 0.1) is 11.2 Å². The van der Waals surface area contributed by atoms with Gasteiger partial charge in [0.05, 0.1) is 17.9 Å². The number of piperidine rings is 2. The second-order valence-electron chi connectivity index (χ2n) is 6.59. The van der Waals surface area contributed by atoms with Crippen molar-refractivity contribution in [2.45, 2.75) is 25.4 Å². The number of hydrogen-bond donors (Lipinski definition) is 1. The van der Waals surface area contributed by atoms with Gasteiger partial charge in [0.2, 0.25) is 0 Å². The van der Waals surface area contributed by atoms with Crippen molar-refractivity contribution in [1.29, 1.82) is 0 Å². The van der Waals surface area contributed by atoms with Crippen molar-refractivity contribution in [2.75, 3.05) is 33.2 Å². The smallest absolute Gasteiger partial charge is 0.256 e. The van der Waals surface area contributed by atoms with E-state index in [1.807, 2.05) is 7.05 Å². The van der Waals surface area contributed by atoms with Crippen molar-refractivity contribution in [1.82, 2.24) is 14.8 Å². The van der Waals surface area contributed by atoms with Crippen molar-refractivity contribution in [3.05, 3.63) is 29.8 Å². The minimum atomic E-state index is -0.589. The average molecular weight is 307 g/mol. The summed E-state index contributed by atoms with van der Waals surface area (Å²) in [4.78, 5) is 20.2. The Kier molecular flexibility index (Phi) is 4.14. The molecule has 1 aromatic heterocycles. The van der Waals surface area contributed by atoms with Gasteiger partial charge in [0.15, 0.2) is 5.82 Å². The van der Waals surface area contributed by atoms with Crippen LogP contribution in [0.2, 0.25) is 0 Å². The van der Waals surface area contributed by atoms with E-state index in [-0.39, 0.29) is 16.9 Å². The number of aliphatic hydroxyl groups is 1. The van der Waals surface area contributed by atoms with Gasteiger partial charge < -0.3 is 14.9 Å². The quantitative estimate of drug-likeness (QED) is 0.845. The predicted octanol–water partition coefficient (Wildman–Crippen LogP) is 1.14. The van der Waals surface area contributed by atoms with Crippen molar-refractivity contribution >= 4 is 5.91 Å². The monoisotopic (exact) mass is 307 g/mol. The number of hydrogen-bond acceptors (Lipinski definition) is 4. The highest BCUT2D eigenvalue weighted by atomic mass is 19.1. The van der Waals surface area contributed by atoms with Gasteiger partial charge in [-0.1, -0.05) is 0 Å². The summed E-state index contributed by atoms with van der Waals surface area (Å²) in [5.41, 5.74) is -0.226. The molecule has 1 N–H and O–H groups in total. The molecule has 22 heavy (non-hydrogen) atoms.